The van der Waals surface area contributed by atoms with E-state index in [1.165, 1.54) is 11.3 Å². The van der Waals surface area contributed by atoms with E-state index in [9.17, 15) is 8.42 Å². The fourth-order valence-corrected chi connectivity index (χ4v) is 4.23. The lowest BCUT2D eigenvalue weighted by atomic mass is 10.4. The minimum atomic E-state index is -3.41. The highest BCUT2D eigenvalue weighted by Crippen LogP contribution is 2.20. The van der Waals surface area contributed by atoms with E-state index in [1.54, 1.807) is 19.2 Å². The van der Waals surface area contributed by atoms with Crippen LogP contribution in [-0.2, 0) is 14.8 Å². The molecular formula is C9H14BrNO3S2. The number of hydrogen-bond donors (Lipinski definition) is 1. The first kappa shape index (κ1) is 14.1. The number of ether oxygens (including phenoxy) is 1. The van der Waals surface area contributed by atoms with Crippen LogP contribution in [0.5, 0.6) is 0 Å². The monoisotopic (exact) mass is 327 g/mol. The predicted molar refractivity (Wildman–Crippen MR) is 68.8 cm³/mol. The van der Waals surface area contributed by atoms with E-state index in [2.05, 4.69) is 20.7 Å². The molecule has 0 saturated carbocycles. The van der Waals surface area contributed by atoms with Crippen molar-refractivity contribution in [3.8, 4) is 0 Å². The number of aryl methyl sites for hydroxylation is 1. The predicted octanol–water partition coefficient (Wildman–Crippen LogP) is 1.74. The van der Waals surface area contributed by atoms with Gasteiger partial charge in [-0.3, -0.25) is 0 Å². The lowest BCUT2D eigenvalue weighted by molar-refractivity contribution is 0.182. The van der Waals surface area contributed by atoms with Crippen LogP contribution < -0.4 is 4.72 Å². The lowest BCUT2D eigenvalue weighted by Crippen LogP contribution is -2.38. The Hall–Kier alpha value is 0.0500. The van der Waals surface area contributed by atoms with Gasteiger partial charge in [-0.15, -0.1) is 11.3 Å². The third kappa shape index (κ3) is 3.81. The molecule has 0 amide bonds. The maximum atomic E-state index is 11.9. The molecule has 0 aliphatic heterocycles. The molecule has 1 N–H and O–H groups in total. The molecule has 0 aromatic carbocycles. The molecule has 1 aromatic heterocycles. The van der Waals surface area contributed by atoms with Crippen molar-refractivity contribution in [2.24, 2.45) is 0 Å². The van der Waals surface area contributed by atoms with Gasteiger partial charge in [-0.2, -0.15) is 0 Å². The maximum absolute atomic E-state index is 11.9. The zero-order valence-corrected chi connectivity index (χ0v) is 12.3. The Labute approximate surface area is 108 Å². The summed E-state index contributed by atoms with van der Waals surface area (Å²) in [4.78, 5) is 0.975. The van der Waals surface area contributed by atoms with E-state index >= 15 is 0 Å². The topological polar surface area (TPSA) is 55.4 Å². The molecule has 92 valence electrons. The van der Waals surface area contributed by atoms with Gasteiger partial charge in [-0.05, 0) is 19.1 Å². The van der Waals surface area contributed by atoms with Crippen molar-refractivity contribution in [1.82, 2.24) is 4.72 Å². The van der Waals surface area contributed by atoms with E-state index < -0.39 is 10.0 Å². The van der Waals surface area contributed by atoms with Crippen LogP contribution in [0.4, 0.5) is 0 Å². The quantitative estimate of drug-likeness (QED) is 0.810. The molecule has 1 heterocycles. The molecule has 7 heteroatoms. The molecule has 0 radical (unpaired) electrons. The van der Waals surface area contributed by atoms with Crippen LogP contribution in [0.2, 0.25) is 0 Å². The SMILES string of the molecule is COCC(CBr)NS(=O)(=O)c1ccc(C)s1. The highest BCUT2D eigenvalue weighted by molar-refractivity contribution is 9.09. The van der Waals surface area contributed by atoms with Gasteiger partial charge in [0.1, 0.15) is 4.21 Å². The summed E-state index contributed by atoms with van der Waals surface area (Å²) < 4.78 is 31.7. The Morgan fingerprint density at radius 1 is 1.56 bits per heavy atom. The summed E-state index contributed by atoms with van der Waals surface area (Å²) >= 11 is 4.50. The van der Waals surface area contributed by atoms with E-state index in [-0.39, 0.29) is 6.04 Å². The summed E-state index contributed by atoms with van der Waals surface area (Å²) in [6.07, 6.45) is 0. The van der Waals surface area contributed by atoms with Crippen molar-refractivity contribution < 1.29 is 13.2 Å². The van der Waals surface area contributed by atoms with Crippen LogP contribution in [0.1, 0.15) is 4.88 Å². The smallest absolute Gasteiger partial charge is 0.250 e. The third-order valence-electron chi connectivity index (χ3n) is 1.86. The minimum absolute atomic E-state index is 0.252. The Morgan fingerprint density at radius 2 is 2.25 bits per heavy atom. The van der Waals surface area contributed by atoms with Crippen LogP contribution in [-0.4, -0.2) is 33.5 Å². The number of alkyl halides is 1. The van der Waals surface area contributed by atoms with Crippen molar-refractivity contribution in [2.45, 2.75) is 17.2 Å². The summed E-state index contributed by atoms with van der Waals surface area (Å²) in [5.41, 5.74) is 0. The van der Waals surface area contributed by atoms with Gasteiger partial charge < -0.3 is 4.74 Å². The summed E-state index contributed by atoms with van der Waals surface area (Å²) in [5, 5.41) is 0.518. The van der Waals surface area contributed by atoms with E-state index in [0.717, 1.165) is 4.88 Å². The second-order valence-corrected chi connectivity index (χ2v) is 7.17. The van der Waals surface area contributed by atoms with Gasteiger partial charge in [0.2, 0.25) is 10.0 Å². The van der Waals surface area contributed by atoms with Gasteiger partial charge in [-0.25, -0.2) is 13.1 Å². The number of thiophene rings is 1. The molecule has 4 nitrogen and oxygen atoms in total. The molecule has 0 saturated heterocycles. The largest absolute Gasteiger partial charge is 0.383 e. The van der Waals surface area contributed by atoms with Crippen molar-refractivity contribution in [3.63, 3.8) is 0 Å². The summed E-state index contributed by atoms with van der Waals surface area (Å²) in [6.45, 7) is 2.22. The molecule has 0 spiro atoms. The number of nitrogens with one attached hydrogen (secondary N) is 1. The van der Waals surface area contributed by atoms with Gasteiger partial charge in [-0.1, -0.05) is 15.9 Å². The number of rotatable bonds is 6. The number of methoxy groups -OCH3 is 1. The van der Waals surface area contributed by atoms with E-state index in [1.807, 2.05) is 6.92 Å². The first-order valence-electron chi connectivity index (χ1n) is 4.63. The second-order valence-electron chi connectivity index (χ2n) is 3.29. The van der Waals surface area contributed by atoms with Crippen molar-refractivity contribution >= 4 is 37.3 Å². The van der Waals surface area contributed by atoms with E-state index in [4.69, 9.17) is 4.74 Å². The average molecular weight is 328 g/mol. The molecule has 16 heavy (non-hydrogen) atoms. The number of sulfonamides is 1. The Bertz CT molecular complexity index is 430. The molecule has 0 aliphatic carbocycles. The molecule has 0 fully saturated rings. The molecule has 1 atom stereocenters. The number of halogens is 1. The third-order valence-corrected chi connectivity index (χ3v) is 5.65. The normalized spacial score (nSPS) is 13.9. The van der Waals surface area contributed by atoms with Gasteiger partial charge in [0.15, 0.2) is 0 Å². The first-order chi connectivity index (χ1) is 7.49. The highest BCUT2D eigenvalue weighted by Gasteiger charge is 2.20. The molecule has 0 bridgehead atoms. The summed E-state index contributed by atoms with van der Waals surface area (Å²) in [6, 6.07) is 3.15. The maximum Gasteiger partial charge on any atom is 0.250 e. The Morgan fingerprint density at radius 3 is 2.69 bits per heavy atom. The average Bonchev–Trinajstić information content (AvgIpc) is 2.64. The molecule has 0 aliphatic rings. The van der Waals surface area contributed by atoms with Crippen LogP contribution in [0.3, 0.4) is 0 Å². The van der Waals surface area contributed by atoms with Crippen molar-refractivity contribution in [1.29, 1.82) is 0 Å². The van der Waals surface area contributed by atoms with Crippen LogP contribution in [0.15, 0.2) is 16.3 Å². The molecule has 1 rings (SSSR count). The molecule has 1 unspecified atom stereocenters. The van der Waals surface area contributed by atoms with Crippen LogP contribution in [0, 0.1) is 6.92 Å². The zero-order valence-electron chi connectivity index (χ0n) is 9.07. The summed E-state index contributed by atoms with van der Waals surface area (Å²) in [7, 11) is -1.87. The van der Waals surface area contributed by atoms with Gasteiger partial charge >= 0.3 is 0 Å². The second kappa shape index (κ2) is 6.11. The van der Waals surface area contributed by atoms with E-state index in [0.29, 0.717) is 16.1 Å². The number of hydrogen-bond acceptors (Lipinski definition) is 4. The molecule has 1 aromatic rings. The van der Waals surface area contributed by atoms with Crippen molar-refractivity contribution in [3.05, 3.63) is 17.0 Å². The van der Waals surface area contributed by atoms with Crippen LogP contribution in [0.25, 0.3) is 0 Å². The van der Waals surface area contributed by atoms with Gasteiger partial charge in [0.05, 0.1) is 12.6 Å². The standard InChI is InChI=1S/C9H14BrNO3S2/c1-7-3-4-9(15-7)16(12,13)11-8(5-10)6-14-2/h3-4,8,11H,5-6H2,1-2H3. The first-order valence-corrected chi connectivity index (χ1v) is 8.05. The summed E-state index contributed by atoms with van der Waals surface area (Å²) in [5.74, 6) is 0. The Balaban J connectivity index is 2.78. The zero-order chi connectivity index (χ0) is 12.2. The Kier molecular flexibility index (Phi) is 5.39. The lowest BCUT2D eigenvalue weighted by Gasteiger charge is -2.14. The fraction of sp³-hybridized carbons (Fsp3) is 0.556. The fourth-order valence-electron chi connectivity index (χ4n) is 1.15. The van der Waals surface area contributed by atoms with Gasteiger partial charge in [0.25, 0.3) is 0 Å². The van der Waals surface area contributed by atoms with Crippen LogP contribution >= 0.6 is 27.3 Å². The van der Waals surface area contributed by atoms with Crippen molar-refractivity contribution in [2.75, 3.05) is 19.0 Å². The minimum Gasteiger partial charge on any atom is -0.383 e. The molecular weight excluding hydrogens is 314 g/mol. The van der Waals surface area contributed by atoms with Gasteiger partial charge in [0, 0.05) is 17.3 Å². The highest BCUT2D eigenvalue weighted by atomic mass is 79.9.